The summed E-state index contributed by atoms with van der Waals surface area (Å²) in [6.07, 6.45) is 1.66. The van der Waals surface area contributed by atoms with Gasteiger partial charge in [-0.2, -0.15) is 0 Å². The summed E-state index contributed by atoms with van der Waals surface area (Å²) in [5.41, 5.74) is 6.38. The predicted molar refractivity (Wildman–Crippen MR) is 87.6 cm³/mol. The lowest BCUT2D eigenvalue weighted by Crippen LogP contribution is -2.46. The Morgan fingerprint density at radius 1 is 1.30 bits per heavy atom. The summed E-state index contributed by atoms with van der Waals surface area (Å²) in [7, 11) is 0. The zero-order valence-electron chi connectivity index (χ0n) is 12.8. The van der Waals surface area contributed by atoms with E-state index >= 15 is 0 Å². The van der Waals surface area contributed by atoms with Crippen LogP contribution in [0.2, 0.25) is 0 Å². The number of aromatic nitrogens is 3. The molecule has 2 aromatic heterocycles. The number of amides is 2. The molecule has 0 aliphatic rings. The largest absolute Gasteiger partial charge is 0.346 e. The van der Waals surface area contributed by atoms with Crippen molar-refractivity contribution in [3.8, 4) is 10.7 Å². The summed E-state index contributed by atoms with van der Waals surface area (Å²) in [5, 5.41) is 13.9. The first-order valence-corrected chi connectivity index (χ1v) is 7.87. The van der Waals surface area contributed by atoms with Gasteiger partial charge in [-0.15, -0.1) is 10.2 Å². The van der Waals surface area contributed by atoms with Gasteiger partial charge in [0.15, 0.2) is 5.01 Å². The molecule has 8 nitrogen and oxygen atoms in total. The van der Waals surface area contributed by atoms with Gasteiger partial charge in [0.05, 0.1) is 12.6 Å². The fourth-order valence-corrected chi connectivity index (χ4v) is 2.35. The molecular weight excluding hydrogens is 316 g/mol. The predicted octanol–water partition coefficient (Wildman–Crippen LogP) is 0.638. The molecular formula is C14H18N6O2S. The monoisotopic (exact) mass is 334 g/mol. The SMILES string of the molecule is CC(C)[C@H](N)C(=O)NCC(=O)Nc1nnc(-c2ccccn2)s1. The van der Waals surface area contributed by atoms with E-state index in [4.69, 9.17) is 5.73 Å². The highest BCUT2D eigenvalue weighted by atomic mass is 32.1. The van der Waals surface area contributed by atoms with Crippen LogP contribution in [0.5, 0.6) is 0 Å². The second-order valence-corrected chi connectivity index (χ2v) is 6.14. The normalized spacial score (nSPS) is 12.0. The molecule has 2 amide bonds. The summed E-state index contributed by atoms with van der Waals surface area (Å²) in [6, 6.07) is 4.81. The van der Waals surface area contributed by atoms with Gasteiger partial charge in [-0.25, -0.2) is 0 Å². The van der Waals surface area contributed by atoms with Crippen molar-refractivity contribution in [3.05, 3.63) is 24.4 Å². The zero-order valence-corrected chi connectivity index (χ0v) is 13.6. The topological polar surface area (TPSA) is 123 Å². The fourth-order valence-electron chi connectivity index (χ4n) is 1.62. The highest BCUT2D eigenvalue weighted by Gasteiger charge is 2.18. The lowest BCUT2D eigenvalue weighted by molar-refractivity contribution is -0.125. The van der Waals surface area contributed by atoms with Crippen LogP contribution in [0.3, 0.4) is 0 Å². The molecule has 4 N–H and O–H groups in total. The second-order valence-electron chi connectivity index (χ2n) is 5.16. The molecule has 0 aromatic carbocycles. The van der Waals surface area contributed by atoms with Crippen LogP contribution in [0.4, 0.5) is 5.13 Å². The Hall–Kier alpha value is -2.39. The highest BCUT2D eigenvalue weighted by molar-refractivity contribution is 7.18. The van der Waals surface area contributed by atoms with Gasteiger partial charge in [0.25, 0.3) is 0 Å². The molecule has 0 aliphatic heterocycles. The lowest BCUT2D eigenvalue weighted by atomic mass is 10.1. The number of nitrogens with two attached hydrogens (primary N) is 1. The minimum absolute atomic E-state index is 0.00199. The van der Waals surface area contributed by atoms with Crippen molar-refractivity contribution in [1.82, 2.24) is 20.5 Å². The highest BCUT2D eigenvalue weighted by Crippen LogP contribution is 2.24. The smallest absolute Gasteiger partial charge is 0.245 e. The van der Waals surface area contributed by atoms with Crippen LogP contribution in [-0.2, 0) is 9.59 Å². The molecule has 2 aromatic rings. The first-order chi connectivity index (χ1) is 11.0. The number of carbonyl (C=O) groups is 2. The number of rotatable bonds is 6. The van der Waals surface area contributed by atoms with Crippen molar-refractivity contribution in [2.24, 2.45) is 11.7 Å². The van der Waals surface area contributed by atoms with Crippen LogP contribution in [0.25, 0.3) is 10.7 Å². The maximum absolute atomic E-state index is 11.8. The third kappa shape index (κ3) is 4.80. The third-order valence-electron chi connectivity index (χ3n) is 3.00. The van der Waals surface area contributed by atoms with Crippen LogP contribution < -0.4 is 16.4 Å². The summed E-state index contributed by atoms with van der Waals surface area (Å²) < 4.78 is 0. The number of nitrogens with zero attached hydrogens (tertiary/aromatic N) is 3. The standard InChI is InChI=1S/C14H18N6O2S/c1-8(2)11(15)12(22)17-7-10(21)18-14-20-19-13(23-14)9-5-3-4-6-16-9/h3-6,8,11H,7,15H2,1-2H3,(H,17,22)(H,18,20,21)/t11-/m0/s1. The molecule has 0 fully saturated rings. The van der Waals surface area contributed by atoms with Gasteiger partial charge in [0.2, 0.25) is 16.9 Å². The molecule has 0 spiro atoms. The van der Waals surface area contributed by atoms with Gasteiger partial charge < -0.3 is 11.1 Å². The minimum atomic E-state index is -0.639. The number of nitrogens with one attached hydrogen (secondary N) is 2. The molecule has 122 valence electrons. The number of hydrogen-bond acceptors (Lipinski definition) is 7. The molecule has 9 heteroatoms. The van der Waals surface area contributed by atoms with Crippen molar-refractivity contribution in [1.29, 1.82) is 0 Å². The van der Waals surface area contributed by atoms with E-state index in [-0.39, 0.29) is 18.4 Å². The molecule has 0 bridgehead atoms. The Labute approximate surface area is 137 Å². The Balaban J connectivity index is 1.87. The van der Waals surface area contributed by atoms with Crippen LogP contribution >= 0.6 is 11.3 Å². The van der Waals surface area contributed by atoms with E-state index in [9.17, 15) is 9.59 Å². The molecule has 2 rings (SSSR count). The van der Waals surface area contributed by atoms with Gasteiger partial charge in [-0.1, -0.05) is 31.3 Å². The van der Waals surface area contributed by atoms with Gasteiger partial charge in [0.1, 0.15) is 5.69 Å². The van der Waals surface area contributed by atoms with E-state index in [1.54, 1.807) is 18.3 Å². The van der Waals surface area contributed by atoms with Gasteiger partial charge >= 0.3 is 0 Å². The molecule has 1 atom stereocenters. The summed E-state index contributed by atoms with van der Waals surface area (Å²) >= 11 is 1.21. The maximum atomic E-state index is 11.8. The molecule has 2 heterocycles. The first kappa shape index (κ1) is 17.0. The van der Waals surface area contributed by atoms with E-state index in [2.05, 4.69) is 25.8 Å². The third-order valence-corrected chi connectivity index (χ3v) is 3.86. The Bertz CT molecular complexity index is 673. The van der Waals surface area contributed by atoms with Crippen molar-refractivity contribution < 1.29 is 9.59 Å². The summed E-state index contributed by atoms with van der Waals surface area (Å²) in [5.74, 6) is -0.748. The number of anilines is 1. The van der Waals surface area contributed by atoms with Crippen molar-refractivity contribution in [2.45, 2.75) is 19.9 Å². The maximum Gasteiger partial charge on any atom is 0.245 e. The van der Waals surface area contributed by atoms with Crippen molar-refractivity contribution in [2.75, 3.05) is 11.9 Å². The van der Waals surface area contributed by atoms with E-state index in [1.807, 2.05) is 19.9 Å². The molecule has 0 aliphatic carbocycles. The van der Waals surface area contributed by atoms with E-state index in [0.717, 1.165) is 0 Å². The lowest BCUT2D eigenvalue weighted by Gasteiger charge is -2.14. The fraction of sp³-hybridized carbons (Fsp3) is 0.357. The van der Waals surface area contributed by atoms with Crippen molar-refractivity contribution >= 4 is 28.3 Å². The molecule has 23 heavy (non-hydrogen) atoms. The number of carbonyl (C=O) groups excluding carboxylic acids is 2. The van der Waals surface area contributed by atoms with Crippen LogP contribution in [0, 0.1) is 5.92 Å². The molecule has 0 saturated carbocycles. The molecule has 0 saturated heterocycles. The van der Waals surface area contributed by atoms with Crippen LogP contribution in [-0.4, -0.2) is 39.6 Å². The van der Waals surface area contributed by atoms with E-state index in [1.165, 1.54) is 11.3 Å². The van der Waals surface area contributed by atoms with E-state index in [0.29, 0.717) is 15.8 Å². The number of pyridine rings is 1. The summed E-state index contributed by atoms with van der Waals surface area (Å²) in [6.45, 7) is 3.51. The average molecular weight is 334 g/mol. The molecule has 0 radical (unpaired) electrons. The minimum Gasteiger partial charge on any atom is -0.346 e. The van der Waals surface area contributed by atoms with E-state index < -0.39 is 11.9 Å². The second kappa shape index (κ2) is 7.75. The average Bonchev–Trinajstić information content (AvgIpc) is 3.01. The van der Waals surface area contributed by atoms with Crippen molar-refractivity contribution in [3.63, 3.8) is 0 Å². The van der Waals surface area contributed by atoms with Crippen LogP contribution in [0.1, 0.15) is 13.8 Å². The first-order valence-electron chi connectivity index (χ1n) is 7.05. The van der Waals surface area contributed by atoms with Gasteiger partial charge in [0, 0.05) is 6.20 Å². The quantitative estimate of drug-likeness (QED) is 0.712. The van der Waals surface area contributed by atoms with Gasteiger partial charge in [-0.3, -0.25) is 19.9 Å². The zero-order chi connectivity index (χ0) is 16.8. The Kier molecular flexibility index (Phi) is 5.72. The Morgan fingerprint density at radius 2 is 2.09 bits per heavy atom. The van der Waals surface area contributed by atoms with Gasteiger partial charge in [-0.05, 0) is 18.1 Å². The molecule has 0 unspecified atom stereocenters. The Morgan fingerprint density at radius 3 is 2.74 bits per heavy atom. The van der Waals surface area contributed by atoms with Crippen LogP contribution in [0.15, 0.2) is 24.4 Å². The summed E-state index contributed by atoms with van der Waals surface area (Å²) in [4.78, 5) is 27.7. The number of hydrogen-bond donors (Lipinski definition) is 3.